The predicted octanol–water partition coefficient (Wildman–Crippen LogP) is 1.64. The summed E-state index contributed by atoms with van der Waals surface area (Å²) in [5.41, 5.74) is 5.27. The molecule has 20 heavy (non-hydrogen) atoms. The van der Waals surface area contributed by atoms with Crippen LogP contribution in [-0.2, 0) is 5.54 Å². The van der Waals surface area contributed by atoms with Gasteiger partial charge in [-0.1, -0.05) is 12.2 Å². The van der Waals surface area contributed by atoms with Crippen molar-refractivity contribution >= 4 is 23.0 Å². The molecule has 0 saturated heterocycles. The summed E-state index contributed by atoms with van der Waals surface area (Å²) in [7, 11) is 0. The minimum absolute atomic E-state index is 0.0464. The van der Waals surface area contributed by atoms with Crippen LogP contribution < -0.4 is 16.2 Å². The van der Waals surface area contributed by atoms with E-state index in [1.807, 2.05) is 20.8 Å². The van der Waals surface area contributed by atoms with E-state index in [1.54, 1.807) is 17.0 Å². The fourth-order valence-corrected chi connectivity index (χ4v) is 2.30. The SMILES string of the molecule is CC(C)(C)n1ccnc(N(CCC(N)=S)C2CC2)c1=O. The second kappa shape index (κ2) is 5.52. The molecule has 2 rings (SSSR count). The van der Waals surface area contributed by atoms with Gasteiger partial charge in [0.05, 0.1) is 4.99 Å². The largest absolute Gasteiger partial charge is 0.393 e. The summed E-state index contributed by atoms with van der Waals surface area (Å²) >= 11 is 4.94. The van der Waals surface area contributed by atoms with Gasteiger partial charge in [-0.05, 0) is 33.6 Å². The van der Waals surface area contributed by atoms with Crippen LogP contribution in [0.4, 0.5) is 5.82 Å². The molecule has 6 heteroatoms. The third-order valence-electron chi connectivity index (χ3n) is 3.40. The van der Waals surface area contributed by atoms with Gasteiger partial charge in [0.1, 0.15) is 0 Å². The summed E-state index contributed by atoms with van der Waals surface area (Å²) < 4.78 is 1.73. The Bertz CT molecular complexity index is 557. The Balaban J connectivity index is 2.34. The fourth-order valence-electron chi connectivity index (χ4n) is 2.20. The topological polar surface area (TPSA) is 64.2 Å². The summed E-state index contributed by atoms with van der Waals surface area (Å²) in [6.07, 6.45) is 6.24. The molecule has 0 atom stereocenters. The highest BCUT2D eigenvalue weighted by molar-refractivity contribution is 7.80. The van der Waals surface area contributed by atoms with Crippen molar-refractivity contribution in [3.05, 3.63) is 22.7 Å². The lowest BCUT2D eigenvalue weighted by molar-refractivity contribution is 0.382. The van der Waals surface area contributed by atoms with Gasteiger partial charge in [-0.25, -0.2) is 4.98 Å². The molecule has 5 nitrogen and oxygen atoms in total. The zero-order valence-electron chi connectivity index (χ0n) is 12.3. The Morgan fingerprint density at radius 3 is 2.70 bits per heavy atom. The molecule has 0 aliphatic heterocycles. The first-order valence-electron chi connectivity index (χ1n) is 6.94. The number of hydrogen-bond donors (Lipinski definition) is 1. The van der Waals surface area contributed by atoms with Crippen molar-refractivity contribution in [2.75, 3.05) is 11.4 Å². The van der Waals surface area contributed by atoms with Crippen LogP contribution >= 0.6 is 12.2 Å². The number of aromatic nitrogens is 2. The molecule has 0 radical (unpaired) electrons. The summed E-state index contributed by atoms with van der Waals surface area (Å²) in [5.74, 6) is 0.515. The van der Waals surface area contributed by atoms with E-state index in [-0.39, 0.29) is 11.1 Å². The molecule has 0 bridgehead atoms. The average Bonchev–Trinajstić information content (AvgIpc) is 3.13. The Morgan fingerprint density at radius 1 is 1.55 bits per heavy atom. The normalized spacial score (nSPS) is 15.2. The van der Waals surface area contributed by atoms with Gasteiger partial charge in [0.15, 0.2) is 5.82 Å². The monoisotopic (exact) mass is 294 g/mol. The maximum Gasteiger partial charge on any atom is 0.293 e. The van der Waals surface area contributed by atoms with Crippen LogP contribution in [-0.4, -0.2) is 27.1 Å². The molecule has 0 amide bonds. The van der Waals surface area contributed by atoms with Crippen molar-refractivity contribution in [3.8, 4) is 0 Å². The van der Waals surface area contributed by atoms with Gasteiger partial charge in [-0.3, -0.25) is 4.79 Å². The maximum atomic E-state index is 12.6. The van der Waals surface area contributed by atoms with Crippen LogP contribution in [0.1, 0.15) is 40.0 Å². The smallest absolute Gasteiger partial charge is 0.293 e. The van der Waals surface area contributed by atoms with Crippen LogP contribution in [0, 0.1) is 0 Å². The number of thiocarbonyl (C=S) groups is 1. The Labute approximate surface area is 124 Å². The maximum absolute atomic E-state index is 12.6. The average molecular weight is 294 g/mol. The minimum atomic E-state index is -0.257. The van der Waals surface area contributed by atoms with E-state index in [4.69, 9.17) is 18.0 Å². The summed E-state index contributed by atoms with van der Waals surface area (Å²) in [6, 6.07) is 0.403. The fraction of sp³-hybridized carbons (Fsp3) is 0.643. The number of nitrogens with two attached hydrogens (primary N) is 1. The van der Waals surface area contributed by atoms with E-state index in [0.717, 1.165) is 12.8 Å². The lowest BCUT2D eigenvalue weighted by Crippen LogP contribution is -2.40. The van der Waals surface area contributed by atoms with Crippen molar-refractivity contribution in [3.63, 3.8) is 0 Å². The van der Waals surface area contributed by atoms with Crippen LogP contribution in [0.5, 0.6) is 0 Å². The van der Waals surface area contributed by atoms with Crippen LogP contribution in [0.15, 0.2) is 17.2 Å². The molecule has 2 N–H and O–H groups in total. The summed E-state index contributed by atoms with van der Waals surface area (Å²) in [4.78, 5) is 19.5. The third kappa shape index (κ3) is 3.36. The first kappa shape index (κ1) is 15.0. The van der Waals surface area contributed by atoms with Gasteiger partial charge in [-0.2, -0.15) is 0 Å². The van der Waals surface area contributed by atoms with E-state index >= 15 is 0 Å². The van der Waals surface area contributed by atoms with Gasteiger partial charge in [0, 0.05) is 36.9 Å². The van der Waals surface area contributed by atoms with Crippen LogP contribution in [0.2, 0.25) is 0 Å². The van der Waals surface area contributed by atoms with Crippen molar-refractivity contribution in [2.24, 2.45) is 5.73 Å². The molecule has 1 heterocycles. The molecule has 1 saturated carbocycles. The highest BCUT2D eigenvalue weighted by atomic mass is 32.1. The molecule has 1 aromatic rings. The highest BCUT2D eigenvalue weighted by Gasteiger charge is 2.32. The molecule has 0 unspecified atom stereocenters. The van der Waals surface area contributed by atoms with Crippen LogP contribution in [0.25, 0.3) is 0 Å². The van der Waals surface area contributed by atoms with Crippen molar-refractivity contribution < 1.29 is 0 Å². The number of anilines is 1. The van der Waals surface area contributed by atoms with E-state index in [1.165, 1.54) is 0 Å². The molecule has 1 fully saturated rings. The molecule has 1 aliphatic rings. The second-order valence-corrected chi connectivity index (χ2v) is 6.76. The highest BCUT2D eigenvalue weighted by Crippen LogP contribution is 2.29. The van der Waals surface area contributed by atoms with E-state index in [0.29, 0.717) is 29.8 Å². The Kier molecular flexibility index (Phi) is 4.13. The molecule has 1 aromatic heterocycles. The van der Waals surface area contributed by atoms with E-state index in [9.17, 15) is 4.79 Å². The second-order valence-electron chi connectivity index (χ2n) is 6.24. The molecular weight excluding hydrogens is 272 g/mol. The van der Waals surface area contributed by atoms with Crippen molar-refractivity contribution in [2.45, 2.75) is 51.6 Å². The molecule has 0 spiro atoms. The Hall–Kier alpha value is -1.43. The Morgan fingerprint density at radius 2 is 2.20 bits per heavy atom. The van der Waals surface area contributed by atoms with Gasteiger partial charge < -0.3 is 15.2 Å². The molecule has 0 aromatic carbocycles. The molecular formula is C14H22N4OS. The lowest BCUT2D eigenvalue weighted by Gasteiger charge is -2.27. The van der Waals surface area contributed by atoms with Gasteiger partial charge in [0.25, 0.3) is 5.56 Å². The van der Waals surface area contributed by atoms with Crippen molar-refractivity contribution in [1.29, 1.82) is 0 Å². The predicted molar refractivity (Wildman–Crippen MR) is 85.3 cm³/mol. The molecule has 1 aliphatic carbocycles. The third-order valence-corrected chi connectivity index (χ3v) is 3.61. The first-order chi connectivity index (χ1) is 9.30. The number of rotatable bonds is 5. The van der Waals surface area contributed by atoms with E-state index in [2.05, 4.69) is 9.88 Å². The standard InChI is InChI=1S/C14H22N4OS/c1-14(2,3)18-9-7-16-12(13(18)19)17(10-4-5-10)8-6-11(15)20/h7,9-10H,4-6,8H2,1-3H3,(H2,15,20). The van der Waals surface area contributed by atoms with Crippen LogP contribution in [0.3, 0.4) is 0 Å². The number of hydrogen-bond acceptors (Lipinski definition) is 4. The quantitative estimate of drug-likeness (QED) is 0.837. The van der Waals surface area contributed by atoms with Gasteiger partial charge in [0.2, 0.25) is 0 Å². The van der Waals surface area contributed by atoms with Gasteiger partial charge in [-0.15, -0.1) is 0 Å². The first-order valence-corrected chi connectivity index (χ1v) is 7.34. The zero-order valence-corrected chi connectivity index (χ0v) is 13.1. The van der Waals surface area contributed by atoms with Crippen molar-refractivity contribution in [1.82, 2.24) is 9.55 Å². The van der Waals surface area contributed by atoms with Gasteiger partial charge >= 0.3 is 0 Å². The lowest BCUT2D eigenvalue weighted by atomic mass is 10.1. The summed E-state index contributed by atoms with van der Waals surface area (Å²) in [5, 5.41) is 0. The minimum Gasteiger partial charge on any atom is -0.393 e. The molecule has 110 valence electrons. The number of nitrogens with zero attached hydrogens (tertiary/aromatic N) is 3. The summed E-state index contributed by atoms with van der Waals surface area (Å²) in [6.45, 7) is 6.69. The van der Waals surface area contributed by atoms with E-state index < -0.39 is 0 Å². The zero-order chi connectivity index (χ0) is 14.9.